The molecule has 0 unspecified atom stereocenters. The number of carbonyl (C=O) groups is 1. The van der Waals surface area contributed by atoms with Crippen molar-refractivity contribution in [3.63, 3.8) is 0 Å². The summed E-state index contributed by atoms with van der Waals surface area (Å²) in [5.74, 6) is -0.650. The fraction of sp³-hybridized carbons (Fsp3) is 0.125. The van der Waals surface area contributed by atoms with Crippen molar-refractivity contribution in [1.29, 1.82) is 0 Å². The maximum Gasteiger partial charge on any atom is 1.00 e. The summed E-state index contributed by atoms with van der Waals surface area (Å²) >= 11 is 1.33. The summed E-state index contributed by atoms with van der Waals surface area (Å²) in [5.41, 5.74) is 0. The van der Waals surface area contributed by atoms with Gasteiger partial charge in [0.1, 0.15) is 0 Å². The van der Waals surface area contributed by atoms with Gasteiger partial charge in [-0.25, -0.2) is 0 Å². The number of carboxylic acids is 1. The Hall–Kier alpha value is 0.0400. The summed E-state index contributed by atoms with van der Waals surface area (Å²) in [6, 6.07) is 9.49. The largest absolute Gasteiger partial charge is 1.00 e. The summed E-state index contributed by atoms with van der Waals surface area (Å²) < 4.78 is 0. The molecule has 0 aliphatic heterocycles. The molecule has 1 aromatic rings. The topological polar surface area (TPSA) is 37.3 Å². The van der Waals surface area contributed by atoms with Gasteiger partial charge in [-0.05, 0) is 12.1 Å². The third-order valence-electron chi connectivity index (χ3n) is 1.11. The Balaban J connectivity index is 0. The first-order valence-electron chi connectivity index (χ1n) is 3.18. The van der Waals surface area contributed by atoms with Crippen molar-refractivity contribution in [2.45, 2.75) is 4.90 Å². The normalized spacial score (nSPS) is 8.67. The van der Waals surface area contributed by atoms with E-state index in [0.717, 1.165) is 4.90 Å². The van der Waals surface area contributed by atoms with E-state index in [9.17, 15) is 4.79 Å². The molecule has 0 aliphatic rings. The molecule has 0 bridgehead atoms. The van der Waals surface area contributed by atoms with Crippen molar-refractivity contribution in [3.05, 3.63) is 30.3 Å². The van der Waals surface area contributed by atoms with Gasteiger partial charge in [0.2, 0.25) is 0 Å². The molecule has 4 heteroatoms. The molecule has 0 heterocycles. The Morgan fingerprint density at radius 2 is 2.00 bits per heavy atom. The number of hydrogen-bond donors (Lipinski definition) is 1. The van der Waals surface area contributed by atoms with E-state index < -0.39 is 5.97 Å². The first-order valence-corrected chi connectivity index (χ1v) is 4.17. The van der Waals surface area contributed by atoms with Gasteiger partial charge < -0.3 is 6.53 Å². The van der Waals surface area contributed by atoms with Gasteiger partial charge in [0.05, 0.1) is 5.75 Å². The van der Waals surface area contributed by atoms with Crippen LogP contribution < -0.4 is 29.6 Å². The average molecular weight is 192 g/mol. The fourth-order valence-electron chi connectivity index (χ4n) is 0.662. The molecule has 0 saturated carbocycles. The van der Waals surface area contributed by atoms with Gasteiger partial charge >= 0.3 is 35.5 Å². The SMILES string of the molecule is O=C(O)CSc1ccccc1.[H-].[Na+]. The molecule has 2 nitrogen and oxygen atoms in total. The van der Waals surface area contributed by atoms with Crippen LogP contribution in [0.2, 0.25) is 0 Å². The summed E-state index contributed by atoms with van der Waals surface area (Å²) in [4.78, 5) is 11.1. The minimum Gasteiger partial charge on any atom is -1.00 e. The van der Waals surface area contributed by atoms with Crippen LogP contribution in [0.1, 0.15) is 1.43 Å². The Labute approximate surface area is 99.1 Å². The molecule has 0 radical (unpaired) electrons. The van der Waals surface area contributed by atoms with Gasteiger partial charge in [-0.15, -0.1) is 11.8 Å². The van der Waals surface area contributed by atoms with Crippen molar-refractivity contribution in [2.24, 2.45) is 0 Å². The van der Waals surface area contributed by atoms with Crippen LogP contribution >= 0.6 is 11.8 Å². The van der Waals surface area contributed by atoms with Gasteiger partial charge in [-0.2, -0.15) is 0 Å². The molecular formula is C8H9NaO2S. The van der Waals surface area contributed by atoms with E-state index in [1.165, 1.54) is 11.8 Å². The smallest absolute Gasteiger partial charge is 1.00 e. The molecule has 0 aromatic heterocycles. The fourth-order valence-corrected chi connectivity index (χ4v) is 1.30. The number of rotatable bonds is 3. The van der Waals surface area contributed by atoms with Crippen LogP contribution in [0.4, 0.5) is 0 Å². The van der Waals surface area contributed by atoms with Crippen LogP contribution in [-0.2, 0) is 4.79 Å². The minimum absolute atomic E-state index is 0. The molecule has 0 amide bonds. The molecule has 0 spiro atoms. The van der Waals surface area contributed by atoms with Crippen LogP contribution in [0.25, 0.3) is 0 Å². The second-order valence-electron chi connectivity index (χ2n) is 2.00. The van der Waals surface area contributed by atoms with Gasteiger partial charge in [0.15, 0.2) is 0 Å². The number of benzene rings is 1. The van der Waals surface area contributed by atoms with Crippen LogP contribution in [0.5, 0.6) is 0 Å². The number of hydrogen-bond acceptors (Lipinski definition) is 2. The maximum absolute atomic E-state index is 10.2. The Morgan fingerprint density at radius 3 is 2.50 bits per heavy atom. The van der Waals surface area contributed by atoms with Crippen molar-refractivity contribution in [3.8, 4) is 0 Å². The van der Waals surface area contributed by atoms with Gasteiger partial charge in [-0.1, -0.05) is 18.2 Å². The van der Waals surface area contributed by atoms with E-state index in [4.69, 9.17) is 5.11 Å². The summed E-state index contributed by atoms with van der Waals surface area (Å²) in [6.07, 6.45) is 0. The maximum atomic E-state index is 10.2. The van der Waals surface area contributed by atoms with Crippen molar-refractivity contribution < 1.29 is 40.9 Å². The molecule has 12 heavy (non-hydrogen) atoms. The Morgan fingerprint density at radius 1 is 1.42 bits per heavy atom. The molecule has 0 fully saturated rings. The van der Waals surface area contributed by atoms with Gasteiger partial charge in [0, 0.05) is 4.90 Å². The summed E-state index contributed by atoms with van der Waals surface area (Å²) in [6.45, 7) is 0. The zero-order valence-corrected chi connectivity index (χ0v) is 9.67. The van der Waals surface area contributed by atoms with Crippen LogP contribution in [-0.4, -0.2) is 16.8 Å². The molecule has 0 atom stereocenters. The van der Waals surface area contributed by atoms with Gasteiger partial charge in [-0.3, -0.25) is 4.79 Å². The molecule has 1 aromatic carbocycles. The van der Waals surface area contributed by atoms with E-state index in [1.54, 1.807) is 0 Å². The van der Waals surface area contributed by atoms with Crippen LogP contribution in [0.3, 0.4) is 0 Å². The molecule has 1 N–H and O–H groups in total. The quantitative estimate of drug-likeness (QED) is 0.492. The Bertz CT molecular complexity index is 243. The number of aliphatic carboxylic acids is 1. The monoisotopic (exact) mass is 192 g/mol. The zero-order chi connectivity index (χ0) is 8.10. The predicted octanol–water partition coefficient (Wildman–Crippen LogP) is -1.02. The average Bonchev–Trinajstić information content (AvgIpc) is 2.03. The van der Waals surface area contributed by atoms with E-state index in [0.29, 0.717) is 0 Å². The van der Waals surface area contributed by atoms with Crippen LogP contribution in [0.15, 0.2) is 35.2 Å². The summed E-state index contributed by atoms with van der Waals surface area (Å²) in [5, 5.41) is 8.35. The Kier molecular flexibility index (Phi) is 6.57. The second kappa shape index (κ2) is 6.54. The minimum atomic E-state index is -0.779. The van der Waals surface area contributed by atoms with E-state index in [1.807, 2.05) is 30.3 Å². The van der Waals surface area contributed by atoms with Crippen molar-refractivity contribution >= 4 is 17.7 Å². The van der Waals surface area contributed by atoms with Crippen molar-refractivity contribution in [1.82, 2.24) is 0 Å². The molecular weight excluding hydrogens is 183 g/mol. The van der Waals surface area contributed by atoms with Crippen LogP contribution in [0, 0.1) is 0 Å². The second-order valence-corrected chi connectivity index (χ2v) is 3.04. The molecule has 0 aliphatic carbocycles. The van der Waals surface area contributed by atoms with E-state index in [2.05, 4.69) is 0 Å². The van der Waals surface area contributed by atoms with Crippen molar-refractivity contribution in [2.75, 3.05) is 5.75 Å². The first-order chi connectivity index (χ1) is 5.29. The standard InChI is InChI=1S/C8H8O2S.Na.H/c9-8(10)6-11-7-4-2-1-3-5-7;;/h1-5H,6H2,(H,9,10);;/q;+1;-1. The predicted molar refractivity (Wildman–Crippen MR) is 45.9 cm³/mol. The first kappa shape index (κ1) is 12.0. The molecule has 1 rings (SSSR count). The summed E-state index contributed by atoms with van der Waals surface area (Å²) in [7, 11) is 0. The van der Waals surface area contributed by atoms with E-state index >= 15 is 0 Å². The zero-order valence-electron chi connectivity index (χ0n) is 7.86. The molecule has 60 valence electrons. The third-order valence-corrected chi connectivity index (χ3v) is 2.10. The number of carboxylic acid groups (broad SMARTS) is 1. The van der Waals surface area contributed by atoms with Gasteiger partial charge in [0.25, 0.3) is 0 Å². The number of thioether (sulfide) groups is 1. The third kappa shape index (κ3) is 4.83. The molecule has 0 saturated heterocycles. The van der Waals surface area contributed by atoms with E-state index in [-0.39, 0.29) is 36.7 Å².